The second kappa shape index (κ2) is 3.81. The molecule has 2 heteroatoms. The Morgan fingerprint density at radius 2 is 2.15 bits per heavy atom. The second-order valence-electron chi connectivity index (χ2n) is 3.72. The lowest BCUT2D eigenvalue weighted by Crippen LogP contribution is -2.16. The first-order valence-corrected chi connectivity index (χ1v) is 5.56. The highest BCUT2D eigenvalue weighted by Crippen LogP contribution is 2.33. The van der Waals surface area contributed by atoms with Gasteiger partial charge in [0.1, 0.15) is 0 Å². The number of nitrogens with one attached hydrogen (secondary N) is 1. The summed E-state index contributed by atoms with van der Waals surface area (Å²) >= 11 is 3.59. The molecule has 1 aromatic carbocycles. The van der Waals surface area contributed by atoms with E-state index in [1.165, 1.54) is 16.5 Å². The van der Waals surface area contributed by atoms with Crippen LogP contribution in [0, 0.1) is 5.92 Å². The highest BCUT2D eigenvalue weighted by atomic mass is 79.9. The molecule has 1 aliphatic heterocycles. The Bertz CT molecular complexity index is 298. The third-order valence-corrected chi connectivity index (χ3v) is 3.50. The van der Waals surface area contributed by atoms with Crippen LogP contribution in [-0.2, 0) is 0 Å². The monoisotopic (exact) mass is 239 g/mol. The molecule has 0 spiro atoms. The summed E-state index contributed by atoms with van der Waals surface area (Å²) in [7, 11) is 0. The van der Waals surface area contributed by atoms with Gasteiger partial charge in [0, 0.05) is 10.5 Å². The molecule has 2 atom stereocenters. The third kappa shape index (κ3) is 1.79. The zero-order chi connectivity index (χ0) is 9.26. The summed E-state index contributed by atoms with van der Waals surface area (Å²) in [5, 5.41) is 3.53. The minimum Gasteiger partial charge on any atom is -0.310 e. The van der Waals surface area contributed by atoms with Crippen molar-refractivity contribution in [2.24, 2.45) is 5.92 Å². The minimum atomic E-state index is 0.538. The van der Waals surface area contributed by atoms with E-state index in [-0.39, 0.29) is 0 Å². The third-order valence-electron chi connectivity index (χ3n) is 2.77. The molecule has 0 bridgehead atoms. The molecule has 1 saturated heterocycles. The largest absolute Gasteiger partial charge is 0.310 e. The normalized spacial score (nSPS) is 27.8. The van der Waals surface area contributed by atoms with Crippen LogP contribution in [0.1, 0.15) is 24.9 Å². The molecule has 0 unspecified atom stereocenters. The summed E-state index contributed by atoms with van der Waals surface area (Å²) in [4.78, 5) is 0. The van der Waals surface area contributed by atoms with Crippen molar-refractivity contribution >= 4 is 15.9 Å². The van der Waals surface area contributed by atoms with Gasteiger partial charge in [-0.15, -0.1) is 0 Å². The van der Waals surface area contributed by atoms with Gasteiger partial charge in [-0.25, -0.2) is 0 Å². The molecule has 0 saturated carbocycles. The quantitative estimate of drug-likeness (QED) is 0.795. The van der Waals surface area contributed by atoms with E-state index in [0.29, 0.717) is 6.04 Å². The molecule has 0 radical (unpaired) electrons. The van der Waals surface area contributed by atoms with Crippen LogP contribution in [0.15, 0.2) is 28.7 Å². The second-order valence-corrected chi connectivity index (χ2v) is 4.57. The number of hydrogen-bond acceptors (Lipinski definition) is 1. The van der Waals surface area contributed by atoms with E-state index in [1.54, 1.807) is 0 Å². The van der Waals surface area contributed by atoms with Gasteiger partial charge in [-0.05, 0) is 30.5 Å². The Balaban J connectivity index is 2.29. The Hall–Kier alpha value is -0.340. The standard InChI is InChI=1S/C11H14BrN/c1-8-6-7-13-11(8)9-4-2-3-5-10(9)12/h2-5,8,11,13H,6-7H2,1H3/t8-,11-/m1/s1. The van der Waals surface area contributed by atoms with Crippen molar-refractivity contribution in [2.75, 3.05) is 6.54 Å². The first kappa shape index (κ1) is 9.22. The van der Waals surface area contributed by atoms with Gasteiger partial charge >= 0.3 is 0 Å². The smallest absolute Gasteiger partial charge is 0.0357 e. The van der Waals surface area contributed by atoms with Gasteiger partial charge < -0.3 is 5.32 Å². The van der Waals surface area contributed by atoms with E-state index in [9.17, 15) is 0 Å². The Morgan fingerprint density at radius 3 is 2.77 bits per heavy atom. The van der Waals surface area contributed by atoms with E-state index in [4.69, 9.17) is 0 Å². The summed E-state index contributed by atoms with van der Waals surface area (Å²) in [6.07, 6.45) is 1.28. The maximum atomic E-state index is 3.59. The lowest BCUT2D eigenvalue weighted by atomic mass is 9.96. The zero-order valence-corrected chi connectivity index (χ0v) is 9.34. The van der Waals surface area contributed by atoms with Gasteiger partial charge in [0.2, 0.25) is 0 Å². The van der Waals surface area contributed by atoms with Crippen LogP contribution in [0.25, 0.3) is 0 Å². The molecular weight excluding hydrogens is 226 g/mol. The summed E-state index contributed by atoms with van der Waals surface area (Å²) in [5.41, 5.74) is 1.40. The Labute approximate surface area is 87.7 Å². The lowest BCUT2D eigenvalue weighted by molar-refractivity contribution is 0.502. The van der Waals surface area contributed by atoms with Crippen molar-refractivity contribution in [3.8, 4) is 0 Å². The molecule has 13 heavy (non-hydrogen) atoms. The van der Waals surface area contributed by atoms with Crippen LogP contribution in [0.4, 0.5) is 0 Å². The van der Waals surface area contributed by atoms with Gasteiger partial charge in [0.15, 0.2) is 0 Å². The predicted octanol–water partition coefficient (Wildman–Crippen LogP) is 3.12. The molecule has 1 heterocycles. The fourth-order valence-electron chi connectivity index (χ4n) is 1.98. The van der Waals surface area contributed by atoms with Gasteiger partial charge in [0.25, 0.3) is 0 Å². The molecule has 0 amide bonds. The molecule has 2 rings (SSSR count). The van der Waals surface area contributed by atoms with E-state index in [0.717, 1.165) is 12.5 Å². The van der Waals surface area contributed by atoms with Crippen molar-refractivity contribution in [1.82, 2.24) is 5.32 Å². The van der Waals surface area contributed by atoms with Gasteiger partial charge in [-0.3, -0.25) is 0 Å². The van der Waals surface area contributed by atoms with Crippen LogP contribution >= 0.6 is 15.9 Å². The lowest BCUT2D eigenvalue weighted by Gasteiger charge is -2.17. The van der Waals surface area contributed by atoms with E-state index < -0.39 is 0 Å². The number of halogens is 1. The van der Waals surface area contributed by atoms with Crippen molar-refractivity contribution < 1.29 is 0 Å². The molecule has 70 valence electrons. The molecule has 0 aliphatic carbocycles. The van der Waals surface area contributed by atoms with Crippen molar-refractivity contribution in [3.63, 3.8) is 0 Å². The minimum absolute atomic E-state index is 0.538. The molecule has 1 N–H and O–H groups in total. The summed E-state index contributed by atoms with van der Waals surface area (Å²) < 4.78 is 1.22. The van der Waals surface area contributed by atoms with Gasteiger partial charge in [0.05, 0.1) is 0 Å². The molecule has 1 aromatic rings. The zero-order valence-electron chi connectivity index (χ0n) is 7.76. The molecular formula is C11H14BrN. The topological polar surface area (TPSA) is 12.0 Å². The van der Waals surface area contributed by atoms with Crippen LogP contribution in [0.3, 0.4) is 0 Å². The summed E-state index contributed by atoms with van der Waals surface area (Å²) in [6.45, 7) is 3.46. The molecule has 1 nitrogen and oxygen atoms in total. The summed E-state index contributed by atoms with van der Waals surface area (Å²) in [6, 6.07) is 9.02. The average molecular weight is 240 g/mol. The first-order valence-electron chi connectivity index (χ1n) is 4.77. The fourth-order valence-corrected chi connectivity index (χ4v) is 2.51. The maximum absolute atomic E-state index is 3.59. The van der Waals surface area contributed by atoms with E-state index >= 15 is 0 Å². The Morgan fingerprint density at radius 1 is 1.38 bits per heavy atom. The fraction of sp³-hybridized carbons (Fsp3) is 0.455. The van der Waals surface area contributed by atoms with Crippen LogP contribution in [0.5, 0.6) is 0 Å². The number of hydrogen-bond donors (Lipinski definition) is 1. The molecule has 1 aliphatic rings. The van der Waals surface area contributed by atoms with Crippen molar-refractivity contribution in [3.05, 3.63) is 34.3 Å². The number of rotatable bonds is 1. The predicted molar refractivity (Wildman–Crippen MR) is 58.7 cm³/mol. The first-order chi connectivity index (χ1) is 6.29. The van der Waals surface area contributed by atoms with Gasteiger partial charge in [-0.1, -0.05) is 41.1 Å². The van der Waals surface area contributed by atoms with E-state index in [1.807, 2.05) is 0 Å². The number of benzene rings is 1. The van der Waals surface area contributed by atoms with Crippen LogP contribution in [-0.4, -0.2) is 6.54 Å². The van der Waals surface area contributed by atoms with Crippen LogP contribution in [0.2, 0.25) is 0 Å². The highest BCUT2D eigenvalue weighted by molar-refractivity contribution is 9.10. The van der Waals surface area contributed by atoms with Gasteiger partial charge in [-0.2, -0.15) is 0 Å². The summed E-state index contributed by atoms with van der Waals surface area (Å²) in [5.74, 6) is 0.749. The highest BCUT2D eigenvalue weighted by Gasteiger charge is 2.25. The Kier molecular flexibility index (Phi) is 2.70. The van der Waals surface area contributed by atoms with Crippen molar-refractivity contribution in [2.45, 2.75) is 19.4 Å². The molecule has 1 fully saturated rings. The van der Waals surface area contributed by atoms with Crippen LogP contribution < -0.4 is 5.32 Å². The van der Waals surface area contributed by atoms with E-state index in [2.05, 4.69) is 52.4 Å². The SMILES string of the molecule is C[C@@H]1CCN[C@H]1c1ccccc1Br. The average Bonchev–Trinajstić information content (AvgIpc) is 2.52. The maximum Gasteiger partial charge on any atom is 0.0357 e. The molecule has 0 aromatic heterocycles. The van der Waals surface area contributed by atoms with Crippen molar-refractivity contribution in [1.29, 1.82) is 0 Å².